The maximum atomic E-state index is 15.0. The third-order valence-corrected chi connectivity index (χ3v) is 8.36. The molecule has 1 saturated carbocycles. The molecule has 0 bridgehead atoms. The quantitative estimate of drug-likeness (QED) is 0.359. The number of nitrogens with zero attached hydrogens (tertiary/aromatic N) is 7. The van der Waals surface area contributed by atoms with Gasteiger partial charge in [-0.1, -0.05) is 11.3 Å². The molecule has 3 aromatic heterocycles. The van der Waals surface area contributed by atoms with Crippen molar-refractivity contribution in [2.75, 3.05) is 36.0 Å². The van der Waals surface area contributed by atoms with Crippen LogP contribution in [-0.4, -0.2) is 57.0 Å². The van der Waals surface area contributed by atoms with Crippen LogP contribution in [0.25, 0.3) is 21.6 Å². The Morgan fingerprint density at radius 1 is 1.03 bits per heavy atom. The van der Waals surface area contributed by atoms with Crippen molar-refractivity contribution in [3.8, 4) is 11.3 Å². The van der Waals surface area contributed by atoms with Crippen molar-refractivity contribution in [3.63, 3.8) is 0 Å². The Bertz CT molecular complexity index is 1460. The van der Waals surface area contributed by atoms with Crippen molar-refractivity contribution in [2.45, 2.75) is 50.9 Å². The van der Waals surface area contributed by atoms with Gasteiger partial charge in [0.1, 0.15) is 22.4 Å². The van der Waals surface area contributed by atoms with Crippen molar-refractivity contribution >= 4 is 32.8 Å². The van der Waals surface area contributed by atoms with Gasteiger partial charge < -0.3 is 14.5 Å². The molecule has 0 radical (unpaired) electrons. The molecule has 1 aromatic carbocycles. The summed E-state index contributed by atoms with van der Waals surface area (Å²) in [7, 11) is 0. The molecule has 3 aliphatic rings. The summed E-state index contributed by atoms with van der Waals surface area (Å²) in [6.07, 6.45) is 8.28. The summed E-state index contributed by atoms with van der Waals surface area (Å²) in [6, 6.07) is 4.11. The second-order valence-corrected chi connectivity index (χ2v) is 11.1. The number of benzene rings is 1. The third kappa shape index (κ3) is 4.33. The number of fused-ring (bicyclic) bond motifs is 1. The van der Waals surface area contributed by atoms with Crippen LogP contribution in [0.2, 0.25) is 0 Å². The lowest BCUT2D eigenvalue weighted by molar-refractivity contribution is -0.0178. The Labute approximate surface area is 216 Å². The van der Waals surface area contributed by atoms with Gasteiger partial charge in [0.2, 0.25) is 5.95 Å². The van der Waals surface area contributed by atoms with E-state index in [1.54, 1.807) is 0 Å². The molecule has 1 aliphatic carbocycles. The first kappa shape index (κ1) is 23.0. The summed E-state index contributed by atoms with van der Waals surface area (Å²) in [4.78, 5) is 18.9. The first-order valence-corrected chi connectivity index (χ1v) is 13.7. The standard InChI is InChI=1S/C26H27F2N7OS/c1-15-12-34(14-21(36-15)16-11-29-35(13-16)18-5-6-18)25-30-22(19-7-4-17(27)10-20(19)28)23-24(31-25)32-26(37-23)33-8-2-3-9-33/h4,7,10-11,13,15,18,21H,2-3,5-6,8-9,12,14H2,1H3. The van der Waals surface area contributed by atoms with Crippen molar-refractivity contribution in [3.05, 3.63) is 47.8 Å². The fourth-order valence-electron chi connectivity index (χ4n) is 5.21. The van der Waals surface area contributed by atoms with Crippen LogP contribution in [0.3, 0.4) is 0 Å². The average molecular weight is 524 g/mol. The Balaban J connectivity index is 1.29. The summed E-state index contributed by atoms with van der Waals surface area (Å²) in [5.41, 5.74) is 2.25. The van der Waals surface area contributed by atoms with Crippen LogP contribution in [-0.2, 0) is 4.74 Å². The maximum Gasteiger partial charge on any atom is 0.228 e. The number of rotatable bonds is 5. The molecule has 8 nitrogen and oxygen atoms in total. The van der Waals surface area contributed by atoms with Crippen LogP contribution in [0.5, 0.6) is 0 Å². The fourth-order valence-corrected chi connectivity index (χ4v) is 6.27. The van der Waals surface area contributed by atoms with E-state index < -0.39 is 11.6 Å². The molecule has 7 rings (SSSR count). The minimum atomic E-state index is -0.650. The molecule has 11 heteroatoms. The molecule has 2 aliphatic heterocycles. The van der Waals surface area contributed by atoms with Crippen LogP contribution >= 0.6 is 11.3 Å². The first-order valence-electron chi connectivity index (χ1n) is 12.9. The monoisotopic (exact) mass is 523 g/mol. The van der Waals surface area contributed by atoms with Gasteiger partial charge in [-0.05, 0) is 44.7 Å². The zero-order valence-electron chi connectivity index (χ0n) is 20.5. The van der Waals surface area contributed by atoms with E-state index in [4.69, 9.17) is 19.7 Å². The molecular formula is C26H27F2N7OS. The van der Waals surface area contributed by atoms with Gasteiger partial charge in [-0.3, -0.25) is 4.68 Å². The summed E-state index contributed by atoms with van der Waals surface area (Å²) >= 11 is 1.47. The number of hydrogen-bond acceptors (Lipinski definition) is 8. The highest BCUT2D eigenvalue weighted by Crippen LogP contribution is 2.39. The molecular weight excluding hydrogens is 496 g/mol. The van der Waals surface area contributed by atoms with Gasteiger partial charge >= 0.3 is 0 Å². The molecule has 2 atom stereocenters. The molecule has 3 fully saturated rings. The van der Waals surface area contributed by atoms with Crippen molar-refractivity contribution in [1.29, 1.82) is 0 Å². The first-order chi connectivity index (χ1) is 18.0. The van der Waals surface area contributed by atoms with E-state index in [2.05, 4.69) is 21.1 Å². The summed E-state index contributed by atoms with van der Waals surface area (Å²) < 4.78 is 37.7. The van der Waals surface area contributed by atoms with E-state index in [9.17, 15) is 8.78 Å². The molecule has 2 unspecified atom stereocenters. The van der Waals surface area contributed by atoms with Crippen molar-refractivity contribution < 1.29 is 13.5 Å². The zero-order chi connectivity index (χ0) is 25.1. The SMILES string of the molecule is CC1CN(c2nc(-c3ccc(F)cc3F)c3sc(N4CCCC4)nc3n2)CC(c2cnn(C3CC3)c2)O1. The summed E-state index contributed by atoms with van der Waals surface area (Å²) in [5.74, 6) is -0.799. The van der Waals surface area contributed by atoms with Gasteiger partial charge in [-0.25, -0.2) is 13.8 Å². The summed E-state index contributed by atoms with van der Waals surface area (Å²) in [5, 5.41) is 5.39. The molecule has 5 heterocycles. The number of aromatic nitrogens is 5. The molecule has 0 spiro atoms. The van der Waals surface area contributed by atoms with Crippen molar-refractivity contribution in [1.82, 2.24) is 24.7 Å². The van der Waals surface area contributed by atoms with Gasteiger partial charge in [0.15, 0.2) is 10.8 Å². The molecule has 4 aromatic rings. The molecule has 192 valence electrons. The lowest BCUT2D eigenvalue weighted by Gasteiger charge is -2.36. The van der Waals surface area contributed by atoms with E-state index in [0.29, 0.717) is 41.1 Å². The van der Waals surface area contributed by atoms with Crippen LogP contribution in [0.15, 0.2) is 30.6 Å². The second kappa shape index (κ2) is 8.98. The maximum absolute atomic E-state index is 15.0. The van der Waals surface area contributed by atoms with Gasteiger partial charge in [-0.15, -0.1) is 0 Å². The molecule has 37 heavy (non-hydrogen) atoms. The average Bonchev–Trinajstić information content (AvgIpc) is 3.28. The van der Waals surface area contributed by atoms with E-state index in [-0.39, 0.29) is 17.8 Å². The fraction of sp³-hybridized carbons (Fsp3) is 0.462. The Morgan fingerprint density at radius 2 is 1.86 bits per heavy atom. The van der Waals surface area contributed by atoms with E-state index >= 15 is 0 Å². The van der Waals surface area contributed by atoms with Gasteiger partial charge in [0.25, 0.3) is 0 Å². The molecule has 2 saturated heterocycles. The van der Waals surface area contributed by atoms with Crippen LogP contribution in [0.1, 0.15) is 50.3 Å². The lowest BCUT2D eigenvalue weighted by atomic mass is 10.1. The number of anilines is 2. The predicted octanol–water partition coefficient (Wildman–Crippen LogP) is 5.13. The highest BCUT2D eigenvalue weighted by Gasteiger charge is 2.32. The predicted molar refractivity (Wildman–Crippen MR) is 138 cm³/mol. The minimum absolute atomic E-state index is 0.0658. The Morgan fingerprint density at radius 3 is 2.65 bits per heavy atom. The van der Waals surface area contributed by atoms with Gasteiger partial charge in [0.05, 0.1) is 30.6 Å². The Kier molecular flexibility index (Phi) is 5.58. The number of ether oxygens (including phenoxy) is 1. The lowest BCUT2D eigenvalue weighted by Crippen LogP contribution is -2.43. The third-order valence-electron chi connectivity index (χ3n) is 7.25. The van der Waals surface area contributed by atoms with E-state index in [1.165, 1.54) is 36.3 Å². The van der Waals surface area contributed by atoms with Crippen LogP contribution < -0.4 is 9.80 Å². The number of halogens is 2. The normalized spacial score (nSPS) is 22.4. The van der Waals surface area contributed by atoms with Crippen molar-refractivity contribution in [2.24, 2.45) is 0 Å². The van der Waals surface area contributed by atoms with Gasteiger partial charge in [-0.2, -0.15) is 15.1 Å². The smallest absolute Gasteiger partial charge is 0.228 e. The van der Waals surface area contributed by atoms with Crippen LogP contribution in [0, 0.1) is 11.6 Å². The molecule has 0 N–H and O–H groups in total. The zero-order valence-corrected chi connectivity index (χ0v) is 21.3. The topological polar surface area (TPSA) is 72.2 Å². The largest absolute Gasteiger partial charge is 0.367 e. The van der Waals surface area contributed by atoms with E-state index in [0.717, 1.165) is 42.7 Å². The highest BCUT2D eigenvalue weighted by atomic mass is 32.1. The Hall–Kier alpha value is -3.18. The minimum Gasteiger partial charge on any atom is -0.367 e. The number of morpholine rings is 1. The number of hydrogen-bond donors (Lipinski definition) is 0. The number of thiazole rings is 1. The van der Waals surface area contributed by atoms with Gasteiger partial charge in [0, 0.05) is 43.0 Å². The highest BCUT2D eigenvalue weighted by molar-refractivity contribution is 7.22. The molecule has 0 amide bonds. The second-order valence-electron chi connectivity index (χ2n) is 10.2. The summed E-state index contributed by atoms with van der Waals surface area (Å²) in [6.45, 7) is 5.04. The van der Waals surface area contributed by atoms with E-state index in [1.807, 2.05) is 17.8 Å². The van der Waals surface area contributed by atoms with Crippen LogP contribution in [0.4, 0.5) is 19.9 Å².